The van der Waals surface area contributed by atoms with E-state index in [2.05, 4.69) is 28.2 Å². The molecule has 0 aromatic heterocycles. The highest BCUT2D eigenvalue weighted by atomic mass is 16.5. The number of hydrogen-bond acceptors (Lipinski definition) is 2. The molecule has 0 spiro atoms. The summed E-state index contributed by atoms with van der Waals surface area (Å²) >= 11 is 0. The van der Waals surface area contributed by atoms with E-state index in [9.17, 15) is 0 Å². The van der Waals surface area contributed by atoms with Gasteiger partial charge in [0.2, 0.25) is 0 Å². The van der Waals surface area contributed by atoms with Crippen LogP contribution in [0, 0.1) is 0 Å². The maximum absolute atomic E-state index is 8.99. The summed E-state index contributed by atoms with van der Waals surface area (Å²) in [4.78, 5) is 3.08. The van der Waals surface area contributed by atoms with Crippen molar-refractivity contribution in [2.45, 2.75) is 24.8 Å². The number of rotatable bonds is 3. The normalized spacial score (nSPS) is 20.2. The molecule has 0 amide bonds. The quantitative estimate of drug-likeness (QED) is 0.453. The molecule has 4 heteroatoms. The van der Waals surface area contributed by atoms with Crippen molar-refractivity contribution in [1.82, 2.24) is 0 Å². The lowest BCUT2D eigenvalue weighted by Gasteiger charge is -2.32. The maximum atomic E-state index is 8.99. The first kappa shape index (κ1) is 13.5. The average molecular weight is 279 g/mol. The standard InChI is InChI=1S/C17H17N3O/c1-21-15-9-5-8-13-10-11-14(12-6-3-2-4-7-12)17(16(13)15)19-20-18/h2-9,14,17H,10-11H2,1H3/t14-,17-/m1/s1. The molecule has 0 saturated carbocycles. The van der Waals surface area contributed by atoms with Crippen molar-refractivity contribution in [1.29, 1.82) is 0 Å². The van der Waals surface area contributed by atoms with Gasteiger partial charge < -0.3 is 4.74 Å². The summed E-state index contributed by atoms with van der Waals surface area (Å²) in [5.41, 5.74) is 12.5. The van der Waals surface area contributed by atoms with Crippen LogP contribution in [0.2, 0.25) is 0 Å². The molecule has 2 aromatic carbocycles. The van der Waals surface area contributed by atoms with Crippen LogP contribution in [0.1, 0.15) is 35.1 Å². The Kier molecular flexibility index (Phi) is 3.80. The third-order valence-corrected chi connectivity index (χ3v) is 4.18. The van der Waals surface area contributed by atoms with Gasteiger partial charge in [-0.2, -0.15) is 0 Å². The zero-order valence-electron chi connectivity index (χ0n) is 11.9. The summed E-state index contributed by atoms with van der Waals surface area (Å²) in [5, 5.41) is 4.09. The molecule has 21 heavy (non-hydrogen) atoms. The van der Waals surface area contributed by atoms with Crippen LogP contribution < -0.4 is 4.74 Å². The molecule has 0 saturated heterocycles. The fraction of sp³-hybridized carbons (Fsp3) is 0.294. The van der Waals surface area contributed by atoms with Crippen molar-refractivity contribution in [3.8, 4) is 5.75 Å². The summed E-state index contributed by atoms with van der Waals surface area (Å²) in [6, 6.07) is 16.1. The van der Waals surface area contributed by atoms with Gasteiger partial charge in [-0.25, -0.2) is 0 Å². The molecular weight excluding hydrogens is 262 g/mol. The number of aryl methyl sites for hydroxylation is 1. The Balaban J connectivity index is 2.12. The highest BCUT2D eigenvalue weighted by Gasteiger charge is 2.32. The molecule has 0 N–H and O–H groups in total. The van der Waals surface area contributed by atoms with Crippen molar-refractivity contribution in [2.75, 3.05) is 7.11 Å². The van der Waals surface area contributed by atoms with Crippen molar-refractivity contribution in [2.24, 2.45) is 5.11 Å². The van der Waals surface area contributed by atoms with E-state index >= 15 is 0 Å². The minimum absolute atomic E-state index is 0.200. The van der Waals surface area contributed by atoms with Crippen molar-refractivity contribution in [3.05, 3.63) is 75.7 Å². The van der Waals surface area contributed by atoms with Crippen LogP contribution in [-0.2, 0) is 6.42 Å². The molecule has 3 rings (SSSR count). The van der Waals surface area contributed by atoms with Gasteiger partial charge in [-0.15, -0.1) is 0 Å². The summed E-state index contributed by atoms with van der Waals surface area (Å²) < 4.78 is 5.49. The van der Waals surface area contributed by atoms with Gasteiger partial charge in [-0.1, -0.05) is 47.6 Å². The van der Waals surface area contributed by atoms with Crippen molar-refractivity contribution in [3.63, 3.8) is 0 Å². The third kappa shape index (κ3) is 2.46. The van der Waals surface area contributed by atoms with E-state index < -0.39 is 0 Å². The summed E-state index contributed by atoms with van der Waals surface area (Å²) in [7, 11) is 1.66. The molecule has 1 aliphatic carbocycles. The van der Waals surface area contributed by atoms with E-state index in [-0.39, 0.29) is 12.0 Å². The molecule has 0 bridgehead atoms. The van der Waals surface area contributed by atoms with Crippen LogP contribution in [-0.4, -0.2) is 7.11 Å². The van der Waals surface area contributed by atoms with Crippen LogP contribution in [0.4, 0.5) is 0 Å². The predicted octanol–water partition coefficient (Wildman–Crippen LogP) is 4.78. The average Bonchev–Trinajstić information content (AvgIpc) is 2.55. The van der Waals surface area contributed by atoms with Crippen LogP contribution in [0.5, 0.6) is 5.75 Å². The van der Waals surface area contributed by atoms with Gasteiger partial charge in [0.1, 0.15) is 5.75 Å². The van der Waals surface area contributed by atoms with Gasteiger partial charge in [-0.3, -0.25) is 0 Å². The van der Waals surface area contributed by atoms with Crippen LogP contribution in [0.25, 0.3) is 10.4 Å². The number of fused-ring (bicyclic) bond motifs is 1. The Hall–Kier alpha value is -2.45. The molecule has 4 nitrogen and oxygen atoms in total. The molecule has 0 radical (unpaired) electrons. The topological polar surface area (TPSA) is 58.0 Å². The second-order valence-corrected chi connectivity index (χ2v) is 5.24. The lowest BCUT2D eigenvalue weighted by Crippen LogP contribution is -2.18. The Bertz CT molecular complexity index is 663. The number of azide groups is 1. The lowest BCUT2D eigenvalue weighted by atomic mass is 9.76. The first-order valence-corrected chi connectivity index (χ1v) is 7.10. The molecular formula is C17H17N3O. The number of nitrogens with zero attached hydrogens (tertiary/aromatic N) is 3. The van der Waals surface area contributed by atoms with E-state index in [0.717, 1.165) is 24.2 Å². The van der Waals surface area contributed by atoms with Crippen LogP contribution in [0.3, 0.4) is 0 Å². The Morgan fingerprint density at radius 3 is 2.67 bits per heavy atom. The fourth-order valence-electron chi connectivity index (χ4n) is 3.23. The Morgan fingerprint density at radius 1 is 1.14 bits per heavy atom. The second-order valence-electron chi connectivity index (χ2n) is 5.24. The highest BCUT2D eigenvalue weighted by Crippen LogP contribution is 2.46. The smallest absolute Gasteiger partial charge is 0.122 e. The zero-order valence-corrected chi connectivity index (χ0v) is 11.9. The SMILES string of the molecule is COc1cccc2c1[C@H](N=[N+]=[N-])[C@@H](c1ccccc1)CC2. The second kappa shape index (κ2) is 5.90. The van der Waals surface area contributed by atoms with Gasteiger partial charge in [-0.05, 0) is 41.5 Å². The Morgan fingerprint density at radius 2 is 1.95 bits per heavy atom. The largest absolute Gasteiger partial charge is 0.496 e. The van der Waals surface area contributed by atoms with E-state index in [1.54, 1.807) is 7.11 Å². The number of methoxy groups -OCH3 is 1. The summed E-state index contributed by atoms with van der Waals surface area (Å²) in [6.07, 6.45) is 1.96. The van der Waals surface area contributed by atoms with Gasteiger partial charge >= 0.3 is 0 Å². The molecule has 2 atom stereocenters. The molecule has 2 aromatic rings. The number of ether oxygens (including phenoxy) is 1. The molecule has 0 unspecified atom stereocenters. The van der Waals surface area contributed by atoms with Gasteiger partial charge in [0.05, 0.1) is 13.2 Å². The monoisotopic (exact) mass is 279 g/mol. The minimum Gasteiger partial charge on any atom is -0.496 e. The first-order valence-electron chi connectivity index (χ1n) is 7.10. The summed E-state index contributed by atoms with van der Waals surface area (Å²) in [5.74, 6) is 1.01. The molecule has 0 fully saturated rings. The lowest BCUT2D eigenvalue weighted by molar-refractivity contribution is 0.390. The van der Waals surface area contributed by atoms with Gasteiger partial charge in [0.25, 0.3) is 0 Å². The molecule has 0 aliphatic heterocycles. The summed E-state index contributed by atoms with van der Waals surface area (Å²) in [6.45, 7) is 0. The van der Waals surface area contributed by atoms with Gasteiger partial charge in [0, 0.05) is 10.5 Å². The van der Waals surface area contributed by atoms with Gasteiger partial charge in [0.15, 0.2) is 0 Å². The third-order valence-electron chi connectivity index (χ3n) is 4.18. The molecule has 0 heterocycles. The predicted molar refractivity (Wildman–Crippen MR) is 82.4 cm³/mol. The molecule has 1 aliphatic rings. The van der Waals surface area contributed by atoms with E-state index in [1.165, 1.54) is 11.1 Å². The van der Waals surface area contributed by atoms with E-state index in [4.69, 9.17) is 10.3 Å². The zero-order chi connectivity index (χ0) is 14.7. The van der Waals surface area contributed by atoms with E-state index in [1.807, 2.05) is 30.3 Å². The Labute approximate surface area is 124 Å². The van der Waals surface area contributed by atoms with Crippen molar-refractivity contribution >= 4 is 0 Å². The number of hydrogen-bond donors (Lipinski definition) is 0. The van der Waals surface area contributed by atoms with Crippen LogP contribution >= 0.6 is 0 Å². The van der Waals surface area contributed by atoms with Crippen LogP contribution in [0.15, 0.2) is 53.6 Å². The highest BCUT2D eigenvalue weighted by molar-refractivity contribution is 5.46. The number of benzene rings is 2. The maximum Gasteiger partial charge on any atom is 0.122 e. The van der Waals surface area contributed by atoms with E-state index in [0.29, 0.717) is 0 Å². The fourth-order valence-corrected chi connectivity index (χ4v) is 3.23. The van der Waals surface area contributed by atoms with Crippen molar-refractivity contribution < 1.29 is 4.74 Å². The minimum atomic E-state index is -0.211. The molecule has 106 valence electrons. The first-order chi connectivity index (χ1) is 10.3.